The standard InChI is InChI=1S/C15H10ClFN2O/c1-20-13-5-3-2-4-11(13)14-12-8-9(17)6-7-10(12)15(16)19-18-14/h2-8H,1H3. The molecule has 0 amide bonds. The molecule has 0 unspecified atom stereocenters. The molecule has 1 heterocycles. The molecule has 0 atom stereocenters. The molecule has 2 aromatic carbocycles. The van der Waals surface area contributed by atoms with Crippen LogP contribution in [0, 0.1) is 5.82 Å². The maximum absolute atomic E-state index is 13.5. The SMILES string of the molecule is COc1ccccc1-c1nnc(Cl)c2ccc(F)cc12. The van der Waals surface area contributed by atoms with Gasteiger partial charge in [-0.15, -0.1) is 10.2 Å². The van der Waals surface area contributed by atoms with Crippen molar-refractivity contribution in [1.29, 1.82) is 0 Å². The van der Waals surface area contributed by atoms with Crippen LogP contribution >= 0.6 is 11.6 Å². The lowest BCUT2D eigenvalue weighted by atomic mass is 10.0. The summed E-state index contributed by atoms with van der Waals surface area (Å²) in [6.07, 6.45) is 0. The van der Waals surface area contributed by atoms with Crippen LogP contribution in [0.4, 0.5) is 4.39 Å². The van der Waals surface area contributed by atoms with Crippen LogP contribution in [0.1, 0.15) is 0 Å². The largest absolute Gasteiger partial charge is 0.496 e. The minimum atomic E-state index is -0.349. The molecule has 20 heavy (non-hydrogen) atoms. The summed E-state index contributed by atoms with van der Waals surface area (Å²) in [4.78, 5) is 0. The Kier molecular flexibility index (Phi) is 3.24. The molecule has 0 saturated carbocycles. The minimum absolute atomic E-state index is 0.249. The van der Waals surface area contributed by atoms with E-state index in [0.717, 1.165) is 5.56 Å². The highest BCUT2D eigenvalue weighted by atomic mass is 35.5. The highest BCUT2D eigenvalue weighted by Gasteiger charge is 2.14. The average molecular weight is 289 g/mol. The summed E-state index contributed by atoms with van der Waals surface area (Å²) < 4.78 is 18.8. The third-order valence-electron chi connectivity index (χ3n) is 3.06. The van der Waals surface area contributed by atoms with Gasteiger partial charge in [-0.3, -0.25) is 0 Å². The number of benzene rings is 2. The van der Waals surface area contributed by atoms with Crippen molar-refractivity contribution < 1.29 is 9.13 Å². The lowest BCUT2D eigenvalue weighted by Gasteiger charge is -2.10. The van der Waals surface area contributed by atoms with Crippen molar-refractivity contribution in [1.82, 2.24) is 10.2 Å². The van der Waals surface area contributed by atoms with Crippen molar-refractivity contribution in [3.05, 3.63) is 53.4 Å². The van der Waals surface area contributed by atoms with Gasteiger partial charge in [0.15, 0.2) is 5.15 Å². The first kappa shape index (κ1) is 12.8. The molecule has 3 aromatic rings. The Bertz CT molecular complexity index is 792. The molecule has 0 bridgehead atoms. The topological polar surface area (TPSA) is 35.0 Å². The summed E-state index contributed by atoms with van der Waals surface area (Å²) in [6, 6.07) is 11.7. The number of hydrogen-bond acceptors (Lipinski definition) is 3. The summed E-state index contributed by atoms with van der Waals surface area (Å²) in [6.45, 7) is 0. The Balaban J connectivity index is 2.37. The Morgan fingerprint density at radius 2 is 1.85 bits per heavy atom. The molecule has 3 rings (SSSR count). The number of ether oxygens (including phenoxy) is 1. The summed E-state index contributed by atoms with van der Waals surface area (Å²) in [7, 11) is 1.57. The van der Waals surface area contributed by atoms with Gasteiger partial charge in [0.2, 0.25) is 0 Å². The van der Waals surface area contributed by atoms with Crippen molar-refractivity contribution in [3.63, 3.8) is 0 Å². The van der Waals surface area contributed by atoms with Gasteiger partial charge in [-0.1, -0.05) is 23.7 Å². The Hall–Kier alpha value is -2.20. The molecule has 5 heteroatoms. The first-order valence-corrected chi connectivity index (χ1v) is 6.33. The second-order valence-corrected chi connectivity index (χ2v) is 4.59. The van der Waals surface area contributed by atoms with Gasteiger partial charge in [-0.2, -0.15) is 0 Å². The second kappa shape index (κ2) is 5.06. The fourth-order valence-corrected chi connectivity index (χ4v) is 2.34. The number of rotatable bonds is 2. The predicted octanol–water partition coefficient (Wildman–Crippen LogP) is 4.10. The summed E-state index contributed by atoms with van der Waals surface area (Å²) in [5, 5.41) is 9.54. The van der Waals surface area contributed by atoms with E-state index in [1.54, 1.807) is 13.2 Å². The van der Waals surface area contributed by atoms with Gasteiger partial charge < -0.3 is 4.74 Å². The van der Waals surface area contributed by atoms with Crippen LogP contribution in [0.25, 0.3) is 22.0 Å². The average Bonchev–Trinajstić information content (AvgIpc) is 2.47. The van der Waals surface area contributed by atoms with Gasteiger partial charge in [-0.05, 0) is 30.3 Å². The molecule has 0 N–H and O–H groups in total. The fraction of sp³-hybridized carbons (Fsp3) is 0.0667. The number of aromatic nitrogens is 2. The van der Waals surface area contributed by atoms with Crippen molar-refractivity contribution in [2.45, 2.75) is 0 Å². The van der Waals surface area contributed by atoms with E-state index in [9.17, 15) is 4.39 Å². The van der Waals surface area contributed by atoms with E-state index in [1.807, 2.05) is 24.3 Å². The molecule has 0 aliphatic carbocycles. The predicted molar refractivity (Wildman–Crippen MR) is 76.5 cm³/mol. The Morgan fingerprint density at radius 3 is 2.65 bits per heavy atom. The van der Waals surface area contributed by atoms with Crippen LogP contribution in [0.15, 0.2) is 42.5 Å². The van der Waals surface area contributed by atoms with Crippen molar-refractivity contribution >= 4 is 22.4 Å². The molecule has 100 valence electrons. The first-order valence-electron chi connectivity index (χ1n) is 5.95. The normalized spacial score (nSPS) is 10.8. The van der Waals surface area contributed by atoms with Crippen LogP contribution < -0.4 is 4.74 Å². The first-order chi connectivity index (χ1) is 9.70. The number of halogens is 2. The molecule has 0 radical (unpaired) electrons. The molecule has 0 spiro atoms. The van der Waals surface area contributed by atoms with Crippen molar-refractivity contribution in [2.75, 3.05) is 7.11 Å². The van der Waals surface area contributed by atoms with Crippen molar-refractivity contribution in [2.24, 2.45) is 0 Å². The van der Waals surface area contributed by atoms with E-state index in [-0.39, 0.29) is 11.0 Å². The van der Waals surface area contributed by atoms with E-state index >= 15 is 0 Å². The third kappa shape index (κ3) is 2.08. The van der Waals surface area contributed by atoms with Crippen LogP contribution in [0.5, 0.6) is 5.75 Å². The van der Waals surface area contributed by atoms with Gasteiger partial charge >= 0.3 is 0 Å². The molecule has 0 fully saturated rings. The smallest absolute Gasteiger partial charge is 0.159 e. The quantitative estimate of drug-likeness (QED) is 0.712. The van der Waals surface area contributed by atoms with Gasteiger partial charge in [0.25, 0.3) is 0 Å². The molecule has 1 aromatic heterocycles. The highest BCUT2D eigenvalue weighted by Crippen LogP contribution is 2.34. The lowest BCUT2D eigenvalue weighted by Crippen LogP contribution is -1.95. The van der Waals surface area contributed by atoms with Crippen molar-refractivity contribution in [3.8, 4) is 17.0 Å². The van der Waals surface area contributed by atoms with Crippen LogP contribution in [0.3, 0.4) is 0 Å². The van der Waals surface area contributed by atoms with E-state index in [2.05, 4.69) is 10.2 Å². The molecule has 0 saturated heterocycles. The molecule has 0 aliphatic rings. The fourth-order valence-electron chi connectivity index (χ4n) is 2.13. The molecule has 0 aliphatic heterocycles. The van der Waals surface area contributed by atoms with Gasteiger partial charge in [0.05, 0.1) is 7.11 Å². The number of methoxy groups -OCH3 is 1. The second-order valence-electron chi connectivity index (χ2n) is 4.23. The monoisotopic (exact) mass is 288 g/mol. The van der Waals surface area contributed by atoms with E-state index in [0.29, 0.717) is 22.2 Å². The highest BCUT2D eigenvalue weighted by molar-refractivity contribution is 6.34. The zero-order valence-electron chi connectivity index (χ0n) is 10.6. The zero-order valence-corrected chi connectivity index (χ0v) is 11.4. The van der Waals surface area contributed by atoms with Gasteiger partial charge in [0.1, 0.15) is 17.3 Å². The van der Waals surface area contributed by atoms with E-state index < -0.39 is 0 Å². The number of para-hydroxylation sites is 1. The molecule has 3 nitrogen and oxygen atoms in total. The van der Waals surface area contributed by atoms with Crippen LogP contribution in [-0.4, -0.2) is 17.3 Å². The van der Waals surface area contributed by atoms with E-state index in [4.69, 9.17) is 16.3 Å². The summed E-state index contributed by atoms with van der Waals surface area (Å²) in [5.41, 5.74) is 1.29. The maximum Gasteiger partial charge on any atom is 0.159 e. The Morgan fingerprint density at radius 1 is 1.05 bits per heavy atom. The molecular weight excluding hydrogens is 279 g/mol. The van der Waals surface area contributed by atoms with Gasteiger partial charge in [-0.25, -0.2) is 4.39 Å². The number of fused-ring (bicyclic) bond motifs is 1. The maximum atomic E-state index is 13.5. The minimum Gasteiger partial charge on any atom is -0.496 e. The number of hydrogen-bond donors (Lipinski definition) is 0. The lowest BCUT2D eigenvalue weighted by molar-refractivity contribution is 0.416. The zero-order chi connectivity index (χ0) is 14.1. The third-order valence-corrected chi connectivity index (χ3v) is 3.34. The van der Waals surface area contributed by atoms with Gasteiger partial charge in [0, 0.05) is 16.3 Å². The van der Waals surface area contributed by atoms with Crippen LogP contribution in [-0.2, 0) is 0 Å². The molecular formula is C15H10ClFN2O. The van der Waals surface area contributed by atoms with E-state index in [1.165, 1.54) is 12.1 Å². The van der Waals surface area contributed by atoms with Crippen LogP contribution in [0.2, 0.25) is 5.15 Å². The summed E-state index contributed by atoms with van der Waals surface area (Å²) >= 11 is 6.02. The number of nitrogens with zero attached hydrogens (tertiary/aromatic N) is 2. The summed E-state index contributed by atoms with van der Waals surface area (Å²) in [5.74, 6) is 0.299. The Labute approximate surface area is 120 Å².